The predicted molar refractivity (Wildman–Crippen MR) is 77.2 cm³/mol. The normalized spacial score (nSPS) is 16.5. The fourth-order valence-corrected chi connectivity index (χ4v) is 2.48. The van der Waals surface area contributed by atoms with E-state index in [1.165, 1.54) is 24.8 Å². The van der Waals surface area contributed by atoms with E-state index in [0.29, 0.717) is 5.41 Å². The second kappa shape index (κ2) is 5.17. The van der Waals surface area contributed by atoms with Gasteiger partial charge in [-0.25, -0.2) is 4.68 Å². The molecule has 0 spiro atoms. The highest BCUT2D eigenvalue weighted by Gasteiger charge is 2.39. The van der Waals surface area contributed by atoms with Crippen molar-refractivity contribution in [2.75, 3.05) is 6.54 Å². The number of para-hydroxylation sites is 1. The summed E-state index contributed by atoms with van der Waals surface area (Å²) >= 11 is 0. The van der Waals surface area contributed by atoms with Crippen LogP contribution in [0, 0.1) is 5.41 Å². The highest BCUT2D eigenvalue weighted by atomic mass is 15.3. The molecule has 2 aromatic rings. The summed E-state index contributed by atoms with van der Waals surface area (Å²) in [7, 11) is 0. The molecule has 19 heavy (non-hydrogen) atoms. The smallest absolute Gasteiger partial charge is 0.0645 e. The van der Waals surface area contributed by atoms with Gasteiger partial charge in [-0.2, -0.15) is 5.10 Å². The van der Waals surface area contributed by atoms with E-state index in [2.05, 4.69) is 35.7 Å². The Morgan fingerprint density at radius 2 is 2.05 bits per heavy atom. The molecule has 0 bridgehead atoms. The van der Waals surface area contributed by atoms with Crippen LogP contribution in [-0.4, -0.2) is 16.3 Å². The first-order valence-electron chi connectivity index (χ1n) is 7.11. The Hall–Kier alpha value is -1.61. The molecule has 1 fully saturated rings. The first-order valence-corrected chi connectivity index (χ1v) is 7.11. The molecule has 1 aromatic heterocycles. The highest BCUT2D eigenvalue weighted by molar-refractivity contribution is 5.30. The number of benzene rings is 1. The number of nitrogens with one attached hydrogen (secondary N) is 1. The lowest BCUT2D eigenvalue weighted by Crippen LogP contribution is -2.22. The maximum Gasteiger partial charge on any atom is 0.0645 e. The number of hydrogen-bond donors (Lipinski definition) is 1. The molecule has 0 radical (unpaired) electrons. The van der Waals surface area contributed by atoms with Crippen molar-refractivity contribution >= 4 is 0 Å². The van der Waals surface area contributed by atoms with Crippen molar-refractivity contribution in [2.45, 2.75) is 32.7 Å². The fourth-order valence-electron chi connectivity index (χ4n) is 2.48. The van der Waals surface area contributed by atoms with Crippen LogP contribution in [0.25, 0.3) is 5.69 Å². The summed E-state index contributed by atoms with van der Waals surface area (Å²) in [5.74, 6) is 0. The van der Waals surface area contributed by atoms with Gasteiger partial charge in [0, 0.05) is 24.8 Å². The van der Waals surface area contributed by atoms with Gasteiger partial charge in [-0.15, -0.1) is 0 Å². The maximum absolute atomic E-state index is 4.41. The molecule has 100 valence electrons. The van der Waals surface area contributed by atoms with Gasteiger partial charge in [0.15, 0.2) is 0 Å². The molecule has 3 heteroatoms. The molecular formula is C16H21N3. The van der Waals surface area contributed by atoms with Crippen LogP contribution in [0.2, 0.25) is 0 Å². The quantitative estimate of drug-likeness (QED) is 0.859. The average Bonchev–Trinajstić information content (AvgIpc) is 3.09. The predicted octanol–water partition coefficient (Wildman–Crippen LogP) is 3.15. The van der Waals surface area contributed by atoms with Crippen molar-refractivity contribution in [3.05, 3.63) is 48.3 Å². The molecule has 0 atom stereocenters. The van der Waals surface area contributed by atoms with Gasteiger partial charge in [-0.3, -0.25) is 0 Å². The highest BCUT2D eigenvalue weighted by Crippen LogP contribution is 2.47. The van der Waals surface area contributed by atoms with Crippen LogP contribution in [0.5, 0.6) is 0 Å². The van der Waals surface area contributed by atoms with Gasteiger partial charge in [0.25, 0.3) is 0 Å². The summed E-state index contributed by atoms with van der Waals surface area (Å²) in [6.45, 7) is 4.34. The van der Waals surface area contributed by atoms with Crippen LogP contribution in [0.1, 0.15) is 31.7 Å². The standard InChI is InChI=1S/C16H21N3/c1-2-16(8-9-16)13-17-10-14-11-18-19(12-14)15-6-4-3-5-7-15/h3-7,11-12,17H,2,8-10,13H2,1H3. The number of nitrogens with zero attached hydrogens (tertiary/aromatic N) is 2. The fraction of sp³-hybridized carbons (Fsp3) is 0.438. The Kier molecular flexibility index (Phi) is 3.38. The van der Waals surface area contributed by atoms with Gasteiger partial charge in [-0.1, -0.05) is 25.1 Å². The molecule has 1 N–H and O–H groups in total. The van der Waals surface area contributed by atoms with Crippen LogP contribution in [0.15, 0.2) is 42.7 Å². The zero-order valence-electron chi connectivity index (χ0n) is 11.5. The van der Waals surface area contributed by atoms with Crippen LogP contribution < -0.4 is 5.32 Å². The van der Waals surface area contributed by atoms with Crippen molar-refractivity contribution < 1.29 is 0 Å². The van der Waals surface area contributed by atoms with E-state index in [-0.39, 0.29) is 0 Å². The van der Waals surface area contributed by atoms with Crippen molar-refractivity contribution in [1.82, 2.24) is 15.1 Å². The monoisotopic (exact) mass is 255 g/mol. The molecule has 1 aromatic carbocycles. The lowest BCUT2D eigenvalue weighted by atomic mass is 10.0. The van der Waals surface area contributed by atoms with Crippen molar-refractivity contribution in [1.29, 1.82) is 0 Å². The third kappa shape index (κ3) is 2.87. The van der Waals surface area contributed by atoms with Gasteiger partial charge >= 0.3 is 0 Å². The third-order valence-electron chi connectivity index (χ3n) is 4.19. The molecule has 0 amide bonds. The molecule has 1 aliphatic rings. The van der Waals surface area contributed by atoms with Crippen LogP contribution in [0.3, 0.4) is 0 Å². The third-order valence-corrected chi connectivity index (χ3v) is 4.19. The molecule has 1 heterocycles. The first kappa shape index (κ1) is 12.4. The lowest BCUT2D eigenvalue weighted by Gasteiger charge is -2.12. The molecular weight excluding hydrogens is 234 g/mol. The number of aromatic nitrogens is 2. The van der Waals surface area contributed by atoms with E-state index >= 15 is 0 Å². The Bertz CT molecular complexity index is 526. The Labute approximate surface area is 114 Å². The largest absolute Gasteiger partial charge is 0.312 e. The number of rotatable bonds is 6. The molecule has 1 aliphatic carbocycles. The second-order valence-corrected chi connectivity index (χ2v) is 5.59. The van der Waals surface area contributed by atoms with Crippen LogP contribution in [-0.2, 0) is 6.54 Å². The van der Waals surface area contributed by atoms with Gasteiger partial charge in [0.1, 0.15) is 0 Å². The summed E-state index contributed by atoms with van der Waals surface area (Å²) in [5, 5.41) is 7.98. The zero-order chi connectivity index (χ0) is 13.1. The zero-order valence-corrected chi connectivity index (χ0v) is 11.5. The molecule has 3 rings (SSSR count). The van der Waals surface area contributed by atoms with Crippen molar-refractivity contribution in [3.8, 4) is 5.69 Å². The van der Waals surface area contributed by atoms with E-state index in [0.717, 1.165) is 18.8 Å². The van der Waals surface area contributed by atoms with E-state index in [1.807, 2.05) is 29.1 Å². The molecule has 0 aliphatic heterocycles. The first-order chi connectivity index (χ1) is 9.31. The minimum atomic E-state index is 0.607. The van der Waals surface area contributed by atoms with Gasteiger partial charge in [0.2, 0.25) is 0 Å². The molecule has 3 nitrogen and oxygen atoms in total. The Morgan fingerprint density at radius 3 is 2.74 bits per heavy atom. The van der Waals surface area contributed by atoms with Gasteiger partial charge in [-0.05, 0) is 36.8 Å². The van der Waals surface area contributed by atoms with Crippen molar-refractivity contribution in [2.24, 2.45) is 5.41 Å². The van der Waals surface area contributed by atoms with Gasteiger partial charge in [0.05, 0.1) is 11.9 Å². The topological polar surface area (TPSA) is 29.9 Å². The van der Waals surface area contributed by atoms with E-state index in [9.17, 15) is 0 Å². The van der Waals surface area contributed by atoms with Crippen LogP contribution >= 0.6 is 0 Å². The SMILES string of the molecule is CCC1(CNCc2cnn(-c3ccccc3)c2)CC1. The average molecular weight is 255 g/mol. The van der Waals surface area contributed by atoms with Crippen LogP contribution in [0.4, 0.5) is 0 Å². The lowest BCUT2D eigenvalue weighted by molar-refractivity contribution is 0.443. The Morgan fingerprint density at radius 1 is 1.26 bits per heavy atom. The van der Waals surface area contributed by atoms with E-state index in [1.54, 1.807) is 0 Å². The van der Waals surface area contributed by atoms with Gasteiger partial charge < -0.3 is 5.32 Å². The minimum absolute atomic E-state index is 0.607. The molecule has 1 saturated carbocycles. The maximum atomic E-state index is 4.41. The summed E-state index contributed by atoms with van der Waals surface area (Å²) in [5.41, 5.74) is 2.96. The number of hydrogen-bond acceptors (Lipinski definition) is 2. The molecule has 0 saturated heterocycles. The summed E-state index contributed by atoms with van der Waals surface area (Å²) < 4.78 is 1.93. The summed E-state index contributed by atoms with van der Waals surface area (Å²) in [6, 6.07) is 10.2. The summed E-state index contributed by atoms with van der Waals surface area (Å²) in [4.78, 5) is 0. The Balaban J connectivity index is 1.57. The molecule has 0 unspecified atom stereocenters. The van der Waals surface area contributed by atoms with E-state index < -0.39 is 0 Å². The van der Waals surface area contributed by atoms with E-state index in [4.69, 9.17) is 0 Å². The summed E-state index contributed by atoms with van der Waals surface area (Å²) in [6.07, 6.45) is 8.13. The minimum Gasteiger partial charge on any atom is -0.312 e. The van der Waals surface area contributed by atoms with Crippen molar-refractivity contribution in [3.63, 3.8) is 0 Å². The second-order valence-electron chi connectivity index (χ2n) is 5.59.